The molecular formula is C24H27N5O3S. The Morgan fingerprint density at radius 1 is 1.24 bits per heavy atom. The van der Waals surface area contributed by atoms with Gasteiger partial charge < -0.3 is 13.7 Å². The van der Waals surface area contributed by atoms with Crippen LogP contribution in [-0.2, 0) is 11.3 Å². The predicted molar refractivity (Wildman–Crippen MR) is 127 cm³/mol. The molecule has 9 heteroatoms. The van der Waals surface area contributed by atoms with Gasteiger partial charge in [-0.3, -0.25) is 14.3 Å². The number of furan rings is 1. The van der Waals surface area contributed by atoms with Crippen LogP contribution < -0.4 is 0 Å². The van der Waals surface area contributed by atoms with Gasteiger partial charge in [-0.1, -0.05) is 11.8 Å². The van der Waals surface area contributed by atoms with E-state index in [2.05, 4.69) is 26.7 Å². The van der Waals surface area contributed by atoms with Crippen molar-refractivity contribution in [3.05, 3.63) is 71.7 Å². The van der Waals surface area contributed by atoms with Gasteiger partial charge in [0, 0.05) is 42.0 Å². The van der Waals surface area contributed by atoms with Crippen LogP contribution >= 0.6 is 11.8 Å². The fourth-order valence-corrected chi connectivity index (χ4v) is 4.89. The Balaban J connectivity index is 1.57. The lowest BCUT2D eigenvalue weighted by molar-refractivity contribution is 0.102. The molecule has 0 fully saturated rings. The van der Waals surface area contributed by atoms with Crippen molar-refractivity contribution in [1.82, 2.24) is 24.3 Å². The summed E-state index contributed by atoms with van der Waals surface area (Å²) < 4.78 is 14.9. The van der Waals surface area contributed by atoms with Crippen LogP contribution in [0.3, 0.4) is 0 Å². The second kappa shape index (κ2) is 10.2. The first-order chi connectivity index (χ1) is 16.0. The maximum Gasteiger partial charge on any atom is 0.192 e. The molecule has 0 aliphatic heterocycles. The summed E-state index contributed by atoms with van der Waals surface area (Å²) in [6.07, 6.45) is 5.10. The monoisotopic (exact) mass is 465 g/mol. The van der Waals surface area contributed by atoms with E-state index in [0.717, 1.165) is 28.3 Å². The van der Waals surface area contributed by atoms with E-state index in [1.807, 2.05) is 48.7 Å². The number of aryl methyl sites for hydroxylation is 1. The van der Waals surface area contributed by atoms with Gasteiger partial charge in [-0.05, 0) is 51.1 Å². The van der Waals surface area contributed by atoms with Crippen molar-refractivity contribution in [2.75, 3.05) is 19.5 Å². The molecule has 0 N–H and O–H groups in total. The Morgan fingerprint density at radius 2 is 2.09 bits per heavy atom. The first-order valence-electron chi connectivity index (χ1n) is 10.7. The normalized spacial score (nSPS) is 12.2. The maximum atomic E-state index is 13.1. The van der Waals surface area contributed by atoms with Crippen LogP contribution in [0.5, 0.6) is 0 Å². The quantitative estimate of drug-likeness (QED) is 0.250. The summed E-state index contributed by atoms with van der Waals surface area (Å²) >= 11 is 1.37. The summed E-state index contributed by atoms with van der Waals surface area (Å²) in [6.45, 7) is 7.14. The minimum atomic E-state index is 0.0550. The highest BCUT2D eigenvalue weighted by Crippen LogP contribution is 2.27. The Hall–Kier alpha value is -3.17. The molecule has 4 aromatic heterocycles. The van der Waals surface area contributed by atoms with Crippen LogP contribution in [0.25, 0.3) is 11.4 Å². The van der Waals surface area contributed by atoms with Crippen LogP contribution in [0.2, 0.25) is 0 Å². The summed E-state index contributed by atoms with van der Waals surface area (Å²) in [5, 5.41) is 9.40. The molecule has 8 nitrogen and oxygen atoms in total. The topological polar surface area (TPSA) is 88.0 Å². The third-order valence-corrected chi connectivity index (χ3v) is 6.46. The van der Waals surface area contributed by atoms with Gasteiger partial charge >= 0.3 is 0 Å². The number of carbonyl (C=O) groups is 1. The lowest BCUT2D eigenvalue weighted by Crippen LogP contribution is -2.15. The van der Waals surface area contributed by atoms with Crippen LogP contribution in [0.15, 0.2) is 58.6 Å². The molecule has 0 aliphatic carbocycles. The second-order valence-electron chi connectivity index (χ2n) is 7.88. The molecule has 0 saturated carbocycles. The molecule has 0 bridgehead atoms. The molecule has 0 spiro atoms. The number of hydrogen-bond donors (Lipinski definition) is 0. The van der Waals surface area contributed by atoms with E-state index < -0.39 is 0 Å². The zero-order chi connectivity index (χ0) is 23.4. The Morgan fingerprint density at radius 3 is 2.79 bits per heavy atom. The molecular weight excluding hydrogens is 438 g/mol. The SMILES string of the molecule is COCC(C)n1c(C)cc(C(=O)CSc2nnc(-c3cccnc3)n2Cc2ccco2)c1C. The van der Waals surface area contributed by atoms with E-state index in [1.165, 1.54) is 11.8 Å². The first kappa shape index (κ1) is 23.0. The lowest BCUT2D eigenvalue weighted by atomic mass is 10.2. The molecule has 0 aliphatic rings. The second-order valence-corrected chi connectivity index (χ2v) is 8.83. The Bertz CT molecular complexity index is 1210. The van der Waals surface area contributed by atoms with Gasteiger partial charge in [-0.2, -0.15) is 0 Å². The van der Waals surface area contributed by atoms with Crippen molar-refractivity contribution < 1.29 is 13.9 Å². The highest BCUT2D eigenvalue weighted by molar-refractivity contribution is 7.99. The highest BCUT2D eigenvalue weighted by atomic mass is 32.2. The van der Waals surface area contributed by atoms with E-state index in [4.69, 9.17) is 9.15 Å². The van der Waals surface area contributed by atoms with Gasteiger partial charge in [0.1, 0.15) is 5.76 Å². The summed E-state index contributed by atoms with van der Waals surface area (Å²) in [6, 6.07) is 9.66. The number of hydrogen-bond acceptors (Lipinski definition) is 7. The van der Waals surface area contributed by atoms with Crippen LogP contribution in [0.1, 0.15) is 40.5 Å². The van der Waals surface area contributed by atoms with Crippen molar-refractivity contribution in [1.29, 1.82) is 0 Å². The molecule has 172 valence electrons. The number of ketones is 1. The van der Waals surface area contributed by atoms with Crippen molar-refractivity contribution in [3.63, 3.8) is 0 Å². The van der Waals surface area contributed by atoms with Crippen molar-refractivity contribution in [3.8, 4) is 11.4 Å². The van der Waals surface area contributed by atoms with Gasteiger partial charge in [0.25, 0.3) is 0 Å². The number of thioether (sulfide) groups is 1. The van der Waals surface area contributed by atoms with Crippen LogP contribution in [0.4, 0.5) is 0 Å². The minimum absolute atomic E-state index is 0.0550. The van der Waals surface area contributed by atoms with Crippen molar-refractivity contribution in [2.45, 2.75) is 38.5 Å². The molecule has 1 atom stereocenters. The summed E-state index contributed by atoms with van der Waals surface area (Å²) in [4.78, 5) is 17.3. The molecule has 0 aromatic carbocycles. The number of ether oxygens (including phenoxy) is 1. The van der Waals surface area contributed by atoms with E-state index >= 15 is 0 Å². The van der Waals surface area contributed by atoms with Gasteiger partial charge in [-0.25, -0.2) is 0 Å². The van der Waals surface area contributed by atoms with E-state index in [0.29, 0.717) is 24.1 Å². The number of nitrogens with zero attached hydrogens (tertiary/aromatic N) is 5. The van der Waals surface area contributed by atoms with E-state index in [1.54, 1.807) is 25.8 Å². The summed E-state index contributed by atoms with van der Waals surface area (Å²) in [5.41, 5.74) is 3.58. The van der Waals surface area contributed by atoms with Crippen LogP contribution in [0, 0.1) is 13.8 Å². The number of methoxy groups -OCH3 is 1. The van der Waals surface area contributed by atoms with Gasteiger partial charge in [0.05, 0.1) is 31.2 Å². The molecule has 0 radical (unpaired) electrons. The summed E-state index contributed by atoms with van der Waals surface area (Å²) in [7, 11) is 1.69. The molecule has 1 unspecified atom stereocenters. The molecule has 0 amide bonds. The van der Waals surface area contributed by atoms with Crippen molar-refractivity contribution in [2.24, 2.45) is 0 Å². The highest BCUT2D eigenvalue weighted by Gasteiger charge is 2.21. The molecule has 4 heterocycles. The van der Waals surface area contributed by atoms with Gasteiger partial charge in [0.2, 0.25) is 0 Å². The maximum absolute atomic E-state index is 13.1. The molecule has 4 aromatic rings. The Kier molecular flexibility index (Phi) is 7.10. The average Bonchev–Trinajstić information content (AvgIpc) is 3.53. The smallest absolute Gasteiger partial charge is 0.192 e. The largest absolute Gasteiger partial charge is 0.467 e. The predicted octanol–water partition coefficient (Wildman–Crippen LogP) is 4.58. The fourth-order valence-electron chi connectivity index (χ4n) is 4.07. The van der Waals surface area contributed by atoms with Gasteiger partial charge in [-0.15, -0.1) is 10.2 Å². The average molecular weight is 466 g/mol. The number of rotatable bonds is 10. The van der Waals surface area contributed by atoms with Gasteiger partial charge in [0.15, 0.2) is 16.8 Å². The minimum Gasteiger partial charge on any atom is -0.467 e. The molecule has 0 saturated heterocycles. The standard InChI is InChI=1S/C24H27N5O3S/c1-16-11-21(18(3)29(16)17(2)14-31-4)22(30)15-33-24-27-26-23(19-7-5-9-25-12-19)28(24)13-20-8-6-10-32-20/h5-12,17H,13-15H2,1-4H3. The zero-order valence-electron chi connectivity index (χ0n) is 19.2. The number of pyridine rings is 1. The third-order valence-electron chi connectivity index (χ3n) is 5.50. The number of aromatic nitrogens is 5. The molecule has 4 rings (SSSR count). The van der Waals surface area contributed by atoms with Crippen LogP contribution in [-0.4, -0.2) is 49.6 Å². The third kappa shape index (κ3) is 4.94. The Labute approximate surface area is 197 Å². The first-order valence-corrected chi connectivity index (χ1v) is 11.7. The fraction of sp³-hybridized carbons (Fsp3) is 0.333. The molecule has 33 heavy (non-hydrogen) atoms. The van der Waals surface area contributed by atoms with E-state index in [-0.39, 0.29) is 17.6 Å². The zero-order valence-corrected chi connectivity index (χ0v) is 20.0. The van der Waals surface area contributed by atoms with Crippen molar-refractivity contribution >= 4 is 17.5 Å². The number of Topliss-reactive ketones (excluding diaryl/α,β-unsaturated/α-hetero) is 1. The number of carbonyl (C=O) groups excluding carboxylic acids is 1. The lowest BCUT2D eigenvalue weighted by Gasteiger charge is -2.17. The van der Waals surface area contributed by atoms with E-state index in [9.17, 15) is 4.79 Å². The summed E-state index contributed by atoms with van der Waals surface area (Å²) in [5.74, 6) is 1.77.